The Hall–Kier alpha value is -1.06. The van der Waals surface area contributed by atoms with Crippen LogP contribution in [0, 0.1) is 12.8 Å². The molecular formula is C15H19ClN2O. The van der Waals surface area contributed by atoms with Gasteiger partial charge in [0.05, 0.1) is 23.5 Å². The molecular weight excluding hydrogens is 260 g/mol. The van der Waals surface area contributed by atoms with E-state index in [4.69, 9.17) is 16.3 Å². The smallest absolute Gasteiger partial charge is 0.125 e. The van der Waals surface area contributed by atoms with Crippen molar-refractivity contribution in [3.05, 3.63) is 29.6 Å². The molecule has 1 aliphatic rings. The number of ether oxygens (including phenoxy) is 1. The largest absolute Gasteiger partial charge is 0.381 e. The second-order valence-electron chi connectivity index (χ2n) is 5.34. The molecule has 2 heterocycles. The molecule has 2 atom stereocenters. The van der Waals surface area contributed by atoms with Crippen LogP contribution in [-0.4, -0.2) is 22.8 Å². The quantitative estimate of drug-likeness (QED) is 0.801. The van der Waals surface area contributed by atoms with Gasteiger partial charge >= 0.3 is 0 Å². The predicted octanol–water partition coefficient (Wildman–Crippen LogP) is 3.68. The molecule has 3 rings (SSSR count). The Kier molecular flexibility index (Phi) is 3.50. The van der Waals surface area contributed by atoms with E-state index >= 15 is 0 Å². The Morgan fingerprint density at radius 2 is 2.37 bits per heavy atom. The highest BCUT2D eigenvalue weighted by Crippen LogP contribution is 2.32. The van der Waals surface area contributed by atoms with Crippen LogP contribution in [0.3, 0.4) is 0 Å². The highest BCUT2D eigenvalue weighted by Gasteiger charge is 2.27. The zero-order valence-corrected chi connectivity index (χ0v) is 12.2. The van der Waals surface area contributed by atoms with Crippen LogP contribution < -0.4 is 0 Å². The second kappa shape index (κ2) is 5.14. The van der Waals surface area contributed by atoms with E-state index in [1.807, 2.05) is 0 Å². The molecule has 1 aromatic carbocycles. The topological polar surface area (TPSA) is 27.1 Å². The van der Waals surface area contributed by atoms with E-state index in [1.54, 1.807) is 0 Å². The SMILES string of the molecule is Cc1cccc2nc(CCl)n(C(C)C3CCOC3)c12. The molecule has 0 bridgehead atoms. The first-order chi connectivity index (χ1) is 9.22. The molecule has 1 aromatic heterocycles. The number of hydrogen-bond acceptors (Lipinski definition) is 2. The molecule has 0 radical (unpaired) electrons. The number of aryl methyl sites for hydroxylation is 1. The van der Waals surface area contributed by atoms with Crippen LogP contribution in [0.15, 0.2) is 18.2 Å². The summed E-state index contributed by atoms with van der Waals surface area (Å²) in [4.78, 5) is 4.67. The van der Waals surface area contributed by atoms with Gasteiger partial charge in [-0.05, 0) is 31.9 Å². The van der Waals surface area contributed by atoms with Crippen molar-refractivity contribution in [2.45, 2.75) is 32.2 Å². The Bertz CT molecular complexity index is 587. The number of benzene rings is 1. The first kappa shape index (κ1) is 12.9. The predicted molar refractivity (Wildman–Crippen MR) is 77.7 cm³/mol. The second-order valence-corrected chi connectivity index (χ2v) is 5.61. The van der Waals surface area contributed by atoms with Crippen LogP contribution >= 0.6 is 11.6 Å². The average molecular weight is 279 g/mol. The summed E-state index contributed by atoms with van der Waals surface area (Å²) in [5, 5.41) is 0. The lowest BCUT2D eigenvalue weighted by molar-refractivity contribution is 0.175. The molecule has 0 saturated carbocycles. The van der Waals surface area contributed by atoms with Gasteiger partial charge in [-0.15, -0.1) is 11.6 Å². The van der Waals surface area contributed by atoms with E-state index in [-0.39, 0.29) is 0 Å². The first-order valence-corrected chi connectivity index (χ1v) is 7.36. The third-order valence-electron chi connectivity index (χ3n) is 4.16. The summed E-state index contributed by atoms with van der Waals surface area (Å²) < 4.78 is 7.84. The third kappa shape index (κ3) is 2.15. The molecule has 2 aromatic rings. The normalized spacial score (nSPS) is 21.1. The van der Waals surface area contributed by atoms with E-state index in [2.05, 4.69) is 41.6 Å². The molecule has 1 aliphatic heterocycles. The molecule has 1 fully saturated rings. The number of nitrogens with zero attached hydrogens (tertiary/aromatic N) is 2. The molecule has 0 aliphatic carbocycles. The van der Waals surface area contributed by atoms with Crippen molar-refractivity contribution in [3.8, 4) is 0 Å². The molecule has 2 unspecified atom stereocenters. The van der Waals surface area contributed by atoms with Crippen LogP contribution in [0.1, 0.15) is 30.8 Å². The van der Waals surface area contributed by atoms with Crippen molar-refractivity contribution in [2.24, 2.45) is 5.92 Å². The van der Waals surface area contributed by atoms with Crippen LogP contribution in [0.5, 0.6) is 0 Å². The van der Waals surface area contributed by atoms with Gasteiger partial charge in [-0.3, -0.25) is 0 Å². The van der Waals surface area contributed by atoms with E-state index in [1.165, 1.54) is 11.1 Å². The van der Waals surface area contributed by atoms with Crippen LogP contribution in [0.4, 0.5) is 0 Å². The molecule has 0 spiro atoms. The van der Waals surface area contributed by atoms with Crippen molar-refractivity contribution >= 4 is 22.6 Å². The molecule has 1 saturated heterocycles. The lowest BCUT2D eigenvalue weighted by atomic mass is 10.00. The summed E-state index contributed by atoms with van der Waals surface area (Å²) in [7, 11) is 0. The maximum atomic E-state index is 6.09. The Labute approximate surface area is 118 Å². The van der Waals surface area contributed by atoms with Gasteiger partial charge in [0.1, 0.15) is 5.82 Å². The summed E-state index contributed by atoms with van der Waals surface area (Å²) in [6.45, 7) is 6.10. The number of rotatable bonds is 3. The van der Waals surface area contributed by atoms with Gasteiger partial charge in [-0.1, -0.05) is 12.1 Å². The fourth-order valence-electron chi connectivity index (χ4n) is 3.05. The Balaban J connectivity index is 2.14. The lowest BCUT2D eigenvalue weighted by Gasteiger charge is -2.22. The van der Waals surface area contributed by atoms with Gasteiger partial charge in [-0.25, -0.2) is 4.98 Å². The molecule has 4 heteroatoms. The number of imidazole rings is 1. The molecule has 19 heavy (non-hydrogen) atoms. The minimum Gasteiger partial charge on any atom is -0.381 e. The number of fused-ring (bicyclic) bond motifs is 1. The van der Waals surface area contributed by atoms with Crippen molar-refractivity contribution in [1.82, 2.24) is 9.55 Å². The maximum absolute atomic E-state index is 6.09. The number of halogens is 1. The third-order valence-corrected chi connectivity index (χ3v) is 4.40. The zero-order chi connectivity index (χ0) is 13.4. The lowest BCUT2D eigenvalue weighted by Crippen LogP contribution is -2.19. The summed E-state index contributed by atoms with van der Waals surface area (Å²) >= 11 is 6.09. The van der Waals surface area contributed by atoms with Crippen LogP contribution in [-0.2, 0) is 10.6 Å². The minimum atomic E-state index is 0.377. The van der Waals surface area contributed by atoms with E-state index < -0.39 is 0 Å². The molecule has 0 N–H and O–H groups in total. The van der Waals surface area contributed by atoms with E-state index in [0.29, 0.717) is 17.8 Å². The average Bonchev–Trinajstić information content (AvgIpc) is 3.05. The number of para-hydroxylation sites is 1. The Morgan fingerprint density at radius 3 is 3.05 bits per heavy atom. The van der Waals surface area contributed by atoms with Crippen molar-refractivity contribution in [3.63, 3.8) is 0 Å². The maximum Gasteiger partial charge on any atom is 0.125 e. The van der Waals surface area contributed by atoms with Crippen LogP contribution in [0.2, 0.25) is 0 Å². The molecule has 0 amide bonds. The van der Waals surface area contributed by atoms with E-state index in [9.17, 15) is 0 Å². The highest BCUT2D eigenvalue weighted by molar-refractivity contribution is 6.16. The van der Waals surface area contributed by atoms with Crippen LogP contribution in [0.25, 0.3) is 11.0 Å². The van der Waals surface area contributed by atoms with Gasteiger partial charge in [-0.2, -0.15) is 0 Å². The van der Waals surface area contributed by atoms with Gasteiger partial charge in [0.15, 0.2) is 0 Å². The van der Waals surface area contributed by atoms with Crippen molar-refractivity contribution < 1.29 is 4.74 Å². The van der Waals surface area contributed by atoms with Crippen molar-refractivity contribution in [1.29, 1.82) is 0 Å². The summed E-state index contributed by atoms with van der Waals surface area (Å²) in [5.74, 6) is 1.97. The number of hydrogen-bond donors (Lipinski definition) is 0. The van der Waals surface area contributed by atoms with E-state index in [0.717, 1.165) is 31.0 Å². The summed E-state index contributed by atoms with van der Waals surface area (Å²) in [6, 6.07) is 6.63. The molecule has 102 valence electrons. The summed E-state index contributed by atoms with van der Waals surface area (Å²) in [5.41, 5.74) is 3.52. The molecule has 3 nitrogen and oxygen atoms in total. The minimum absolute atomic E-state index is 0.377. The van der Waals surface area contributed by atoms with Gasteiger partial charge in [0, 0.05) is 18.6 Å². The van der Waals surface area contributed by atoms with Gasteiger partial charge < -0.3 is 9.30 Å². The number of alkyl halides is 1. The standard InChI is InChI=1S/C15H19ClN2O/c1-10-4-3-5-13-15(10)18(14(8-16)17-13)11(2)12-6-7-19-9-12/h3-5,11-12H,6-9H2,1-2H3. The van der Waals surface area contributed by atoms with Crippen molar-refractivity contribution in [2.75, 3.05) is 13.2 Å². The number of aromatic nitrogens is 2. The fraction of sp³-hybridized carbons (Fsp3) is 0.533. The summed E-state index contributed by atoms with van der Waals surface area (Å²) in [6.07, 6.45) is 1.12. The fourth-order valence-corrected chi connectivity index (χ4v) is 3.23. The monoisotopic (exact) mass is 278 g/mol. The van der Waals surface area contributed by atoms with Gasteiger partial charge in [0.2, 0.25) is 0 Å². The Morgan fingerprint density at radius 1 is 1.53 bits per heavy atom. The first-order valence-electron chi connectivity index (χ1n) is 6.82. The zero-order valence-electron chi connectivity index (χ0n) is 11.4. The van der Waals surface area contributed by atoms with Gasteiger partial charge in [0.25, 0.3) is 0 Å². The highest BCUT2D eigenvalue weighted by atomic mass is 35.5.